The molecule has 0 radical (unpaired) electrons. The van der Waals surface area contributed by atoms with E-state index in [9.17, 15) is 14.4 Å². The van der Waals surface area contributed by atoms with Crippen LogP contribution in [0.25, 0.3) is 0 Å². The second-order valence-electron chi connectivity index (χ2n) is 5.24. The van der Waals surface area contributed by atoms with Crippen molar-refractivity contribution in [2.24, 2.45) is 0 Å². The van der Waals surface area contributed by atoms with Crippen LogP contribution < -0.4 is 15.4 Å². The average molecular weight is 354 g/mol. The number of carbonyl (C=O) groups excluding carboxylic acids is 3. The first-order valence-corrected chi connectivity index (χ1v) is 8.24. The Bertz CT molecular complexity index is 606. The summed E-state index contributed by atoms with van der Waals surface area (Å²) in [6.07, 6.45) is -0.123. The van der Waals surface area contributed by atoms with E-state index in [2.05, 4.69) is 10.6 Å². The number of nitrogens with one attached hydrogen (secondary N) is 2. The van der Waals surface area contributed by atoms with Crippen LogP contribution in [0, 0.1) is 0 Å². The number of anilines is 1. The maximum Gasteiger partial charge on any atom is 0.243 e. The summed E-state index contributed by atoms with van der Waals surface area (Å²) in [7, 11) is 0. The molecule has 130 valence electrons. The number of piperazine rings is 1. The Morgan fingerprint density at radius 3 is 2.71 bits per heavy atom. The van der Waals surface area contributed by atoms with Crippen molar-refractivity contribution in [1.82, 2.24) is 10.2 Å². The average Bonchev–Trinajstić information content (AvgIpc) is 2.58. The predicted molar refractivity (Wildman–Crippen MR) is 90.1 cm³/mol. The maximum absolute atomic E-state index is 12.2. The lowest BCUT2D eigenvalue weighted by Crippen LogP contribution is -2.58. The number of amides is 3. The van der Waals surface area contributed by atoms with Gasteiger partial charge in [-0.15, -0.1) is 11.6 Å². The van der Waals surface area contributed by atoms with Crippen molar-refractivity contribution in [3.63, 3.8) is 0 Å². The molecule has 1 aliphatic heterocycles. The molecule has 1 fully saturated rings. The van der Waals surface area contributed by atoms with Crippen LogP contribution >= 0.6 is 11.6 Å². The quantitative estimate of drug-likeness (QED) is 0.746. The van der Waals surface area contributed by atoms with Crippen molar-refractivity contribution in [1.29, 1.82) is 0 Å². The van der Waals surface area contributed by atoms with Crippen molar-refractivity contribution in [3.05, 3.63) is 24.3 Å². The highest BCUT2D eigenvalue weighted by Crippen LogP contribution is 2.17. The number of alkyl halides is 1. The zero-order chi connectivity index (χ0) is 17.5. The number of nitrogens with zero attached hydrogens (tertiary/aromatic N) is 1. The van der Waals surface area contributed by atoms with E-state index >= 15 is 0 Å². The van der Waals surface area contributed by atoms with Crippen LogP contribution in [0.5, 0.6) is 5.75 Å². The number of rotatable bonds is 6. The van der Waals surface area contributed by atoms with Crippen molar-refractivity contribution < 1.29 is 19.1 Å². The van der Waals surface area contributed by atoms with Crippen LogP contribution in [0.1, 0.15) is 13.3 Å². The summed E-state index contributed by atoms with van der Waals surface area (Å²) in [6, 6.07) is 6.08. The molecule has 0 bridgehead atoms. The monoisotopic (exact) mass is 353 g/mol. The third-order valence-corrected chi connectivity index (χ3v) is 3.82. The second kappa shape index (κ2) is 8.54. The van der Waals surface area contributed by atoms with Gasteiger partial charge in [-0.1, -0.05) is 0 Å². The van der Waals surface area contributed by atoms with Crippen molar-refractivity contribution in [2.75, 3.05) is 30.9 Å². The maximum atomic E-state index is 12.2. The van der Waals surface area contributed by atoms with Gasteiger partial charge in [-0.3, -0.25) is 14.4 Å². The van der Waals surface area contributed by atoms with Gasteiger partial charge in [-0.05, 0) is 31.2 Å². The van der Waals surface area contributed by atoms with E-state index in [-0.39, 0.29) is 30.0 Å². The van der Waals surface area contributed by atoms with Crippen LogP contribution in [0.3, 0.4) is 0 Å². The van der Waals surface area contributed by atoms with Crippen molar-refractivity contribution in [3.8, 4) is 5.75 Å². The Morgan fingerprint density at radius 2 is 2.08 bits per heavy atom. The van der Waals surface area contributed by atoms with E-state index in [1.807, 2.05) is 6.92 Å². The minimum atomic E-state index is -0.840. The Labute approximate surface area is 145 Å². The summed E-state index contributed by atoms with van der Waals surface area (Å²) < 4.78 is 5.33. The third-order valence-electron chi connectivity index (χ3n) is 3.59. The van der Waals surface area contributed by atoms with Gasteiger partial charge in [0.25, 0.3) is 0 Å². The Hall–Kier alpha value is -2.28. The summed E-state index contributed by atoms with van der Waals surface area (Å²) in [6.45, 7) is 3.16. The van der Waals surface area contributed by atoms with E-state index in [1.54, 1.807) is 24.3 Å². The normalized spacial score (nSPS) is 17.2. The minimum Gasteiger partial charge on any atom is -0.494 e. The molecule has 1 aromatic rings. The zero-order valence-corrected chi connectivity index (χ0v) is 14.1. The van der Waals surface area contributed by atoms with Gasteiger partial charge in [0.15, 0.2) is 0 Å². The summed E-state index contributed by atoms with van der Waals surface area (Å²) in [5.74, 6) is -0.564. The largest absolute Gasteiger partial charge is 0.494 e. The summed E-state index contributed by atoms with van der Waals surface area (Å²) in [5.41, 5.74) is 0.592. The van der Waals surface area contributed by atoms with Crippen LogP contribution in [0.4, 0.5) is 5.69 Å². The number of halogens is 1. The molecule has 7 nitrogen and oxygen atoms in total. The van der Waals surface area contributed by atoms with E-state index < -0.39 is 6.04 Å². The van der Waals surface area contributed by atoms with Gasteiger partial charge in [-0.25, -0.2) is 0 Å². The standard InChI is InChI=1S/C16H20ClN3O4/c1-2-24-12-5-3-11(4-6-12)19-14(21)9-13-16(23)18-7-8-20(13)15(22)10-17/h3-6,13H,2,7-10H2,1H3,(H,18,23)(H,19,21). The van der Waals surface area contributed by atoms with E-state index in [1.165, 1.54) is 4.90 Å². The van der Waals surface area contributed by atoms with Gasteiger partial charge >= 0.3 is 0 Å². The highest BCUT2D eigenvalue weighted by atomic mass is 35.5. The summed E-state index contributed by atoms with van der Waals surface area (Å²) in [4.78, 5) is 37.4. The molecule has 3 amide bonds. The molecule has 8 heteroatoms. The second-order valence-corrected chi connectivity index (χ2v) is 5.50. The number of hydrogen-bond acceptors (Lipinski definition) is 4. The fourth-order valence-corrected chi connectivity index (χ4v) is 2.64. The van der Waals surface area contributed by atoms with Gasteiger partial charge in [0.2, 0.25) is 17.7 Å². The first-order chi connectivity index (χ1) is 11.5. The zero-order valence-electron chi connectivity index (χ0n) is 13.4. The SMILES string of the molecule is CCOc1ccc(NC(=O)CC2C(=O)NCCN2C(=O)CCl)cc1. The van der Waals surface area contributed by atoms with E-state index in [0.29, 0.717) is 31.1 Å². The van der Waals surface area contributed by atoms with Crippen molar-refractivity contribution in [2.45, 2.75) is 19.4 Å². The fraction of sp³-hybridized carbons (Fsp3) is 0.438. The van der Waals surface area contributed by atoms with Gasteiger partial charge in [0.05, 0.1) is 13.0 Å². The van der Waals surface area contributed by atoms with Crippen LogP contribution in [-0.2, 0) is 14.4 Å². The van der Waals surface area contributed by atoms with Crippen LogP contribution in [0.2, 0.25) is 0 Å². The molecule has 24 heavy (non-hydrogen) atoms. The van der Waals surface area contributed by atoms with E-state index in [4.69, 9.17) is 16.3 Å². The molecule has 2 rings (SSSR count). The lowest BCUT2D eigenvalue weighted by atomic mass is 10.1. The molecule has 1 aliphatic rings. The fourth-order valence-electron chi connectivity index (χ4n) is 2.48. The molecular weight excluding hydrogens is 334 g/mol. The minimum absolute atomic E-state index is 0.123. The molecule has 1 saturated heterocycles. The van der Waals surface area contributed by atoms with Gasteiger partial charge in [0, 0.05) is 18.8 Å². The molecule has 0 aromatic heterocycles. The van der Waals surface area contributed by atoms with Crippen LogP contribution in [0.15, 0.2) is 24.3 Å². The molecule has 0 spiro atoms. The molecule has 0 saturated carbocycles. The lowest BCUT2D eigenvalue weighted by Gasteiger charge is -2.34. The highest BCUT2D eigenvalue weighted by Gasteiger charge is 2.34. The summed E-state index contributed by atoms with van der Waals surface area (Å²) >= 11 is 5.57. The third kappa shape index (κ3) is 4.61. The molecule has 1 aromatic carbocycles. The summed E-state index contributed by atoms with van der Waals surface area (Å²) in [5, 5.41) is 5.37. The Balaban J connectivity index is 1.98. The van der Waals surface area contributed by atoms with Crippen molar-refractivity contribution >= 4 is 35.0 Å². The topological polar surface area (TPSA) is 87.7 Å². The van der Waals surface area contributed by atoms with Crippen LogP contribution in [-0.4, -0.2) is 54.2 Å². The Morgan fingerprint density at radius 1 is 1.38 bits per heavy atom. The molecule has 2 N–H and O–H groups in total. The van der Waals surface area contributed by atoms with E-state index in [0.717, 1.165) is 0 Å². The van der Waals surface area contributed by atoms with Gasteiger partial charge in [0.1, 0.15) is 17.7 Å². The first-order valence-electron chi connectivity index (χ1n) is 7.71. The molecule has 1 unspecified atom stereocenters. The predicted octanol–water partition coefficient (Wildman–Crippen LogP) is 0.980. The highest BCUT2D eigenvalue weighted by molar-refractivity contribution is 6.27. The Kier molecular flexibility index (Phi) is 6.43. The molecule has 1 atom stereocenters. The number of ether oxygens (including phenoxy) is 1. The molecule has 0 aliphatic carbocycles. The van der Waals surface area contributed by atoms with Gasteiger partial charge < -0.3 is 20.3 Å². The van der Waals surface area contributed by atoms with Gasteiger partial charge in [-0.2, -0.15) is 0 Å². The first kappa shape index (κ1) is 18.1. The smallest absolute Gasteiger partial charge is 0.243 e. The lowest BCUT2D eigenvalue weighted by molar-refractivity contribution is -0.143. The number of benzene rings is 1. The molecule has 1 heterocycles. The molecular formula is C16H20ClN3O4. The number of hydrogen-bond donors (Lipinski definition) is 2. The number of carbonyl (C=O) groups is 3.